The van der Waals surface area contributed by atoms with E-state index in [0.717, 1.165) is 11.1 Å². The van der Waals surface area contributed by atoms with Crippen molar-refractivity contribution in [2.75, 3.05) is 5.32 Å². The number of pyridine rings is 2. The van der Waals surface area contributed by atoms with Crippen molar-refractivity contribution in [2.45, 2.75) is 11.4 Å². The quantitative estimate of drug-likeness (QED) is 0.308. The number of benzene rings is 3. The summed E-state index contributed by atoms with van der Waals surface area (Å²) in [7, 11) is -4.27. The average Bonchev–Trinajstić information content (AvgIpc) is 2.92. The van der Waals surface area contributed by atoms with Gasteiger partial charge in [0.2, 0.25) is 10.0 Å². The van der Waals surface area contributed by atoms with Crippen LogP contribution in [0.4, 0.5) is 5.69 Å². The monoisotopic (exact) mass is 526 g/mol. The predicted octanol–water partition coefficient (Wildman–Crippen LogP) is 3.72. The lowest BCUT2D eigenvalue weighted by atomic mass is 10.1. The van der Waals surface area contributed by atoms with Crippen LogP contribution in [0.25, 0.3) is 22.2 Å². The molecule has 0 aliphatic carbocycles. The Bertz CT molecular complexity index is 1840. The highest BCUT2D eigenvalue weighted by atomic mass is 32.2. The van der Waals surface area contributed by atoms with Crippen LogP contribution in [0.3, 0.4) is 0 Å². The van der Waals surface area contributed by atoms with Crippen molar-refractivity contribution in [2.24, 2.45) is 5.14 Å². The number of aromatic hydroxyl groups is 1. The summed E-state index contributed by atoms with van der Waals surface area (Å²) in [5, 5.41) is 19.0. The first-order chi connectivity index (χ1) is 18.2. The van der Waals surface area contributed by atoms with Gasteiger partial charge in [0.05, 0.1) is 17.6 Å². The number of primary sulfonamides is 1. The molecule has 0 spiro atoms. The molecule has 0 aliphatic rings. The fraction of sp³-hybridized carbons (Fsp3) is 0.0357. The van der Waals surface area contributed by atoms with Crippen LogP contribution >= 0.6 is 0 Å². The van der Waals surface area contributed by atoms with Gasteiger partial charge in [0.15, 0.2) is 0 Å². The van der Waals surface area contributed by atoms with E-state index in [4.69, 9.17) is 5.14 Å². The molecule has 1 amide bonds. The Balaban J connectivity index is 1.61. The predicted molar refractivity (Wildman–Crippen MR) is 144 cm³/mol. The first kappa shape index (κ1) is 24.9. The van der Waals surface area contributed by atoms with Crippen molar-refractivity contribution in [1.82, 2.24) is 9.55 Å². The zero-order valence-electron chi connectivity index (χ0n) is 19.9. The third kappa shape index (κ3) is 4.77. The summed E-state index contributed by atoms with van der Waals surface area (Å²) in [6.45, 7) is 0.0992. The van der Waals surface area contributed by atoms with Crippen LogP contribution in [0, 0.1) is 0 Å². The SMILES string of the molecule is NS(=O)(=O)c1cc(-c2ccccc2)ccc1NC(=O)c1c(O)c2cccnc2n(Cc2ccccc2)c1=O. The number of fused-ring (bicyclic) bond motifs is 1. The van der Waals surface area contributed by atoms with E-state index < -0.39 is 32.8 Å². The molecule has 9 nitrogen and oxygen atoms in total. The Kier molecular flexibility index (Phi) is 6.50. The molecule has 0 unspecified atom stereocenters. The van der Waals surface area contributed by atoms with Crippen molar-refractivity contribution in [3.8, 4) is 16.9 Å². The van der Waals surface area contributed by atoms with E-state index in [-0.39, 0.29) is 28.2 Å². The second kappa shape index (κ2) is 9.92. The summed E-state index contributed by atoms with van der Waals surface area (Å²) < 4.78 is 26.1. The standard InChI is InChI=1S/C28H22N4O5S/c29-38(36,37)23-16-20(19-10-5-2-6-11-19)13-14-22(23)31-27(34)24-25(33)21-12-7-15-30-26(21)32(28(24)35)17-18-8-3-1-4-9-18/h1-16,33H,17H2,(H,31,34)(H2,29,36,37). The van der Waals surface area contributed by atoms with Crippen LogP contribution in [0.15, 0.2) is 107 Å². The Morgan fingerprint density at radius 2 is 1.61 bits per heavy atom. The molecular formula is C28H22N4O5S. The van der Waals surface area contributed by atoms with Gasteiger partial charge < -0.3 is 10.4 Å². The Morgan fingerprint density at radius 3 is 2.29 bits per heavy atom. The van der Waals surface area contributed by atoms with Gasteiger partial charge in [-0.2, -0.15) is 0 Å². The molecule has 0 saturated carbocycles. The number of aromatic nitrogens is 2. The van der Waals surface area contributed by atoms with Gasteiger partial charge in [-0.15, -0.1) is 0 Å². The molecule has 0 aliphatic heterocycles. The van der Waals surface area contributed by atoms with E-state index >= 15 is 0 Å². The highest BCUT2D eigenvalue weighted by Crippen LogP contribution is 2.30. The maximum atomic E-state index is 13.5. The molecular weight excluding hydrogens is 504 g/mol. The number of amides is 1. The zero-order chi connectivity index (χ0) is 26.9. The minimum Gasteiger partial charge on any atom is -0.506 e. The van der Waals surface area contributed by atoms with Crippen LogP contribution in [0.2, 0.25) is 0 Å². The Morgan fingerprint density at radius 1 is 0.921 bits per heavy atom. The van der Waals surface area contributed by atoms with E-state index in [1.807, 2.05) is 36.4 Å². The number of anilines is 1. The number of hydrogen-bond acceptors (Lipinski definition) is 6. The minimum absolute atomic E-state index is 0.0992. The van der Waals surface area contributed by atoms with E-state index in [1.54, 1.807) is 42.5 Å². The fourth-order valence-corrected chi connectivity index (χ4v) is 4.95. The number of nitrogens with two attached hydrogens (primary N) is 1. The molecule has 3 aromatic carbocycles. The summed E-state index contributed by atoms with van der Waals surface area (Å²) in [5.74, 6) is -1.55. The molecule has 0 atom stereocenters. The van der Waals surface area contributed by atoms with Crippen LogP contribution in [0.1, 0.15) is 15.9 Å². The van der Waals surface area contributed by atoms with Gasteiger partial charge in [-0.1, -0.05) is 66.7 Å². The normalized spacial score (nSPS) is 11.4. The molecule has 4 N–H and O–H groups in total. The topological polar surface area (TPSA) is 144 Å². The molecule has 38 heavy (non-hydrogen) atoms. The summed E-state index contributed by atoms with van der Waals surface area (Å²) >= 11 is 0. The number of sulfonamides is 1. The molecule has 2 heterocycles. The first-order valence-corrected chi connectivity index (χ1v) is 13.1. The molecule has 0 saturated heterocycles. The van der Waals surface area contributed by atoms with Crippen LogP contribution in [-0.2, 0) is 16.6 Å². The zero-order valence-corrected chi connectivity index (χ0v) is 20.7. The first-order valence-electron chi connectivity index (χ1n) is 11.5. The molecule has 5 aromatic rings. The molecule has 0 radical (unpaired) electrons. The highest BCUT2D eigenvalue weighted by Gasteiger charge is 2.25. The lowest BCUT2D eigenvalue weighted by Gasteiger charge is -2.15. The number of nitrogens with zero attached hydrogens (tertiary/aromatic N) is 2. The summed E-state index contributed by atoms with van der Waals surface area (Å²) in [5.41, 5.74) is 0.842. The van der Waals surface area contributed by atoms with Gasteiger partial charge >= 0.3 is 0 Å². The Hall–Kier alpha value is -4.80. The van der Waals surface area contributed by atoms with Crippen molar-refractivity contribution >= 4 is 32.7 Å². The molecule has 0 bridgehead atoms. The van der Waals surface area contributed by atoms with Crippen molar-refractivity contribution in [3.63, 3.8) is 0 Å². The lowest BCUT2D eigenvalue weighted by molar-refractivity contribution is 0.102. The van der Waals surface area contributed by atoms with Crippen LogP contribution in [0.5, 0.6) is 5.75 Å². The number of nitrogens with one attached hydrogen (secondary N) is 1. The minimum atomic E-state index is -4.27. The third-order valence-corrected chi connectivity index (χ3v) is 7.00. The molecule has 5 rings (SSSR count). The fourth-order valence-electron chi connectivity index (χ4n) is 4.24. The molecule has 190 valence electrons. The smallest absolute Gasteiger partial charge is 0.269 e. The maximum Gasteiger partial charge on any atom is 0.269 e. The number of rotatable bonds is 6. The number of carbonyl (C=O) groups is 1. The number of carbonyl (C=O) groups excluding carboxylic acids is 1. The van der Waals surface area contributed by atoms with E-state index in [0.29, 0.717) is 5.56 Å². The molecule has 2 aromatic heterocycles. The second-order valence-corrected chi connectivity index (χ2v) is 10.1. The highest BCUT2D eigenvalue weighted by molar-refractivity contribution is 7.89. The average molecular weight is 527 g/mol. The maximum absolute atomic E-state index is 13.5. The van der Waals surface area contributed by atoms with Crippen molar-refractivity contribution in [1.29, 1.82) is 0 Å². The third-order valence-electron chi connectivity index (χ3n) is 6.05. The van der Waals surface area contributed by atoms with Gasteiger partial charge in [0.1, 0.15) is 21.9 Å². The van der Waals surface area contributed by atoms with E-state index in [1.165, 1.54) is 22.9 Å². The second-order valence-electron chi connectivity index (χ2n) is 8.55. The Labute approximate surface area is 217 Å². The van der Waals surface area contributed by atoms with Crippen molar-refractivity contribution in [3.05, 3.63) is 119 Å². The van der Waals surface area contributed by atoms with E-state index in [2.05, 4.69) is 10.3 Å². The van der Waals surface area contributed by atoms with Crippen LogP contribution in [-0.4, -0.2) is 29.0 Å². The van der Waals surface area contributed by atoms with Crippen LogP contribution < -0.4 is 16.0 Å². The number of hydrogen-bond donors (Lipinski definition) is 3. The van der Waals surface area contributed by atoms with E-state index in [9.17, 15) is 23.1 Å². The summed E-state index contributed by atoms with van der Waals surface area (Å²) in [6, 6.07) is 25.6. The van der Waals surface area contributed by atoms with Gasteiger partial charge in [-0.05, 0) is 41.0 Å². The van der Waals surface area contributed by atoms with Gasteiger partial charge in [0, 0.05) is 6.20 Å². The van der Waals surface area contributed by atoms with Crippen molar-refractivity contribution < 1.29 is 18.3 Å². The summed E-state index contributed by atoms with van der Waals surface area (Å²) in [4.78, 5) is 30.8. The molecule has 0 fully saturated rings. The van der Waals surface area contributed by atoms with Gasteiger partial charge in [0.25, 0.3) is 11.5 Å². The largest absolute Gasteiger partial charge is 0.506 e. The summed E-state index contributed by atoms with van der Waals surface area (Å²) in [6.07, 6.45) is 1.48. The van der Waals surface area contributed by atoms with Gasteiger partial charge in [-0.25, -0.2) is 18.5 Å². The lowest BCUT2D eigenvalue weighted by Crippen LogP contribution is -2.31. The van der Waals surface area contributed by atoms with Gasteiger partial charge in [-0.3, -0.25) is 14.2 Å². The molecule has 10 heteroatoms.